The fraction of sp³-hybridized carbons (Fsp3) is 0.615. The van der Waals surface area contributed by atoms with Crippen molar-refractivity contribution in [3.8, 4) is 5.88 Å². The number of rotatable bonds is 5. The van der Waals surface area contributed by atoms with E-state index in [4.69, 9.17) is 17.0 Å². The number of imidazole rings is 1. The summed E-state index contributed by atoms with van der Waals surface area (Å²) in [4.78, 5) is 11.7. The normalized spacial score (nSPS) is 12.0. The lowest BCUT2D eigenvalue weighted by molar-refractivity contribution is 0.254. The first-order valence-corrected chi connectivity index (χ1v) is 7.04. The summed E-state index contributed by atoms with van der Waals surface area (Å²) in [5, 5.41) is 0. The van der Waals surface area contributed by atoms with Crippen molar-refractivity contribution >= 4 is 23.4 Å². The average Bonchev–Trinajstić information content (AvgIpc) is 2.79. The summed E-state index contributed by atoms with van der Waals surface area (Å²) in [6, 6.07) is 0. The standard InChI is InChI=1S/C13H20N4OS/c1-5-13(6-2,7-3)17-10-9(16-12(17)19)11(18-4)15-8-14-10/h8H,5-7H2,1-4H3,(H,16,19). The van der Waals surface area contributed by atoms with Crippen molar-refractivity contribution in [2.75, 3.05) is 7.11 Å². The highest BCUT2D eigenvalue weighted by molar-refractivity contribution is 7.71. The zero-order valence-corrected chi connectivity index (χ0v) is 12.7. The molecule has 2 heterocycles. The van der Waals surface area contributed by atoms with Crippen LogP contribution in [0.4, 0.5) is 0 Å². The Morgan fingerprint density at radius 3 is 2.42 bits per heavy atom. The monoisotopic (exact) mass is 280 g/mol. The number of nitrogens with zero attached hydrogens (tertiary/aromatic N) is 3. The Kier molecular flexibility index (Phi) is 3.89. The van der Waals surface area contributed by atoms with Gasteiger partial charge in [-0.05, 0) is 31.5 Å². The highest BCUT2D eigenvalue weighted by atomic mass is 32.1. The van der Waals surface area contributed by atoms with Crippen LogP contribution in [0.5, 0.6) is 5.88 Å². The van der Waals surface area contributed by atoms with Crippen molar-refractivity contribution < 1.29 is 4.74 Å². The van der Waals surface area contributed by atoms with Crippen LogP contribution in [-0.2, 0) is 5.54 Å². The topological polar surface area (TPSA) is 55.7 Å². The minimum Gasteiger partial charge on any atom is -0.479 e. The molecule has 0 fully saturated rings. The Hall–Kier alpha value is -1.43. The van der Waals surface area contributed by atoms with Gasteiger partial charge in [0.1, 0.15) is 11.8 Å². The molecule has 2 aromatic heterocycles. The molecule has 0 amide bonds. The van der Waals surface area contributed by atoms with Gasteiger partial charge in [-0.1, -0.05) is 20.8 Å². The second-order valence-electron chi connectivity index (χ2n) is 4.63. The van der Waals surface area contributed by atoms with Crippen LogP contribution in [0.1, 0.15) is 40.0 Å². The lowest BCUT2D eigenvalue weighted by Crippen LogP contribution is -2.31. The van der Waals surface area contributed by atoms with Crippen molar-refractivity contribution in [1.29, 1.82) is 0 Å². The first-order chi connectivity index (χ1) is 9.13. The first kappa shape index (κ1) is 14.0. The Morgan fingerprint density at radius 2 is 1.89 bits per heavy atom. The summed E-state index contributed by atoms with van der Waals surface area (Å²) in [7, 11) is 1.60. The SMILES string of the molecule is CCC(CC)(CC)n1c(=S)[nH]c2c(OC)ncnc21. The van der Waals surface area contributed by atoms with Crippen LogP contribution >= 0.6 is 12.2 Å². The number of aromatic amines is 1. The van der Waals surface area contributed by atoms with Crippen LogP contribution in [0.3, 0.4) is 0 Å². The fourth-order valence-corrected chi connectivity index (χ4v) is 3.10. The molecule has 0 spiro atoms. The van der Waals surface area contributed by atoms with E-state index >= 15 is 0 Å². The lowest BCUT2D eigenvalue weighted by atomic mass is 9.89. The molecule has 0 saturated carbocycles. The van der Waals surface area contributed by atoms with Crippen molar-refractivity contribution in [1.82, 2.24) is 19.5 Å². The van der Waals surface area contributed by atoms with Gasteiger partial charge in [-0.25, -0.2) is 4.98 Å². The van der Waals surface area contributed by atoms with Gasteiger partial charge in [0.15, 0.2) is 10.4 Å². The Bertz CT molecular complexity index is 619. The molecule has 104 valence electrons. The second-order valence-corrected chi connectivity index (χ2v) is 5.02. The van der Waals surface area contributed by atoms with E-state index in [-0.39, 0.29) is 5.54 Å². The van der Waals surface area contributed by atoms with Crippen molar-refractivity contribution in [3.05, 3.63) is 11.1 Å². The number of methoxy groups -OCH3 is 1. The molecule has 0 radical (unpaired) electrons. The minimum absolute atomic E-state index is 0.00526. The molecule has 0 aliphatic heterocycles. The van der Waals surface area contributed by atoms with Crippen LogP contribution in [-0.4, -0.2) is 26.6 Å². The molecule has 0 bridgehead atoms. The van der Waals surface area contributed by atoms with Crippen molar-refractivity contribution in [2.45, 2.75) is 45.6 Å². The summed E-state index contributed by atoms with van der Waals surface area (Å²) in [6.45, 7) is 6.56. The summed E-state index contributed by atoms with van der Waals surface area (Å²) in [6.07, 6.45) is 4.54. The fourth-order valence-electron chi connectivity index (χ4n) is 2.72. The van der Waals surface area contributed by atoms with Gasteiger partial charge in [0, 0.05) is 5.54 Å². The zero-order chi connectivity index (χ0) is 14.0. The van der Waals surface area contributed by atoms with E-state index in [1.165, 1.54) is 6.33 Å². The summed E-state index contributed by atoms with van der Waals surface area (Å²) < 4.78 is 8.07. The number of aromatic nitrogens is 4. The van der Waals surface area contributed by atoms with Gasteiger partial charge in [-0.15, -0.1) is 0 Å². The Labute approximate surface area is 118 Å². The first-order valence-electron chi connectivity index (χ1n) is 6.63. The van der Waals surface area contributed by atoms with E-state index in [1.54, 1.807) is 7.11 Å². The number of fused-ring (bicyclic) bond motifs is 1. The highest BCUT2D eigenvalue weighted by Gasteiger charge is 2.30. The Morgan fingerprint density at radius 1 is 1.26 bits per heavy atom. The molecule has 6 heteroatoms. The van der Waals surface area contributed by atoms with Gasteiger partial charge < -0.3 is 9.72 Å². The van der Waals surface area contributed by atoms with Crippen LogP contribution in [0.25, 0.3) is 11.2 Å². The van der Waals surface area contributed by atoms with E-state index in [0.29, 0.717) is 10.7 Å². The molecule has 0 saturated heterocycles. The molecule has 0 atom stereocenters. The molecule has 0 aliphatic carbocycles. The quantitative estimate of drug-likeness (QED) is 0.853. The van der Waals surface area contributed by atoms with Gasteiger partial charge in [-0.2, -0.15) is 4.98 Å². The lowest BCUT2D eigenvalue weighted by Gasteiger charge is -2.32. The molecule has 0 aromatic carbocycles. The maximum absolute atomic E-state index is 5.49. The smallest absolute Gasteiger partial charge is 0.242 e. The zero-order valence-electron chi connectivity index (χ0n) is 11.9. The van der Waals surface area contributed by atoms with Crippen LogP contribution in [0.15, 0.2) is 6.33 Å². The number of hydrogen-bond donors (Lipinski definition) is 1. The van der Waals surface area contributed by atoms with Crippen LogP contribution in [0.2, 0.25) is 0 Å². The van der Waals surface area contributed by atoms with Crippen molar-refractivity contribution in [3.63, 3.8) is 0 Å². The van der Waals surface area contributed by atoms with Gasteiger partial charge in [0.05, 0.1) is 7.11 Å². The number of hydrogen-bond acceptors (Lipinski definition) is 4. The number of ether oxygens (including phenoxy) is 1. The summed E-state index contributed by atoms with van der Waals surface area (Å²) in [5.74, 6) is 0.534. The summed E-state index contributed by atoms with van der Waals surface area (Å²) in [5.41, 5.74) is 1.59. The predicted molar refractivity (Wildman–Crippen MR) is 78.1 cm³/mol. The van der Waals surface area contributed by atoms with Crippen LogP contribution in [0, 0.1) is 4.77 Å². The van der Waals surface area contributed by atoms with Gasteiger partial charge in [0.25, 0.3) is 0 Å². The molecule has 5 nitrogen and oxygen atoms in total. The van der Waals surface area contributed by atoms with E-state index in [1.807, 2.05) is 0 Å². The number of H-pyrrole nitrogens is 1. The summed E-state index contributed by atoms with van der Waals surface area (Å²) >= 11 is 5.49. The Balaban J connectivity index is 2.81. The third kappa shape index (κ3) is 2.04. The largest absolute Gasteiger partial charge is 0.479 e. The van der Waals surface area contributed by atoms with E-state index in [9.17, 15) is 0 Å². The maximum Gasteiger partial charge on any atom is 0.242 e. The average molecular weight is 280 g/mol. The third-order valence-electron chi connectivity index (χ3n) is 4.08. The van der Waals surface area contributed by atoms with Gasteiger partial charge >= 0.3 is 0 Å². The minimum atomic E-state index is -0.00526. The van der Waals surface area contributed by atoms with Crippen molar-refractivity contribution in [2.24, 2.45) is 0 Å². The van der Waals surface area contributed by atoms with Gasteiger partial charge in [-0.3, -0.25) is 4.57 Å². The number of nitrogens with one attached hydrogen (secondary N) is 1. The molecule has 0 aliphatic rings. The highest BCUT2D eigenvalue weighted by Crippen LogP contribution is 2.33. The molecule has 1 N–H and O–H groups in total. The third-order valence-corrected chi connectivity index (χ3v) is 4.37. The van der Waals surface area contributed by atoms with E-state index in [0.717, 1.165) is 30.4 Å². The van der Waals surface area contributed by atoms with E-state index in [2.05, 4.69) is 40.3 Å². The second kappa shape index (κ2) is 5.28. The molecular weight excluding hydrogens is 260 g/mol. The molecule has 19 heavy (non-hydrogen) atoms. The van der Waals surface area contributed by atoms with Crippen LogP contribution < -0.4 is 4.74 Å². The predicted octanol–water partition coefficient (Wildman–Crippen LogP) is 3.42. The van der Waals surface area contributed by atoms with Gasteiger partial charge in [0.2, 0.25) is 5.88 Å². The molecule has 2 aromatic rings. The molecule has 2 rings (SSSR count). The maximum atomic E-state index is 5.49. The van der Waals surface area contributed by atoms with E-state index < -0.39 is 0 Å². The molecule has 0 unspecified atom stereocenters. The molecular formula is C13H20N4OS.